The molecule has 0 spiro atoms. The quantitative estimate of drug-likeness (QED) is 0.464. The highest BCUT2D eigenvalue weighted by molar-refractivity contribution is 8.00. The number of rotatable bonds is 7. The van der Waals surface area contributed by atoms with E-state index in [-0.39, 0.29) is 12.3 Å². The lowest BCUT2D eigenvalue weighted by atomic mass is 10.2. The third kappa shape index (κ3) is 5.87. The summed E-state index contributed by atoms with van der Waals surface area (Å²) in [5.74, 6) is 1.23. The minimum Gasteiger partial charge on any atom is -0.495 e. The Bertz CT molecular complexity index is 930. The van der Waals surface area contributed by atoms with E-state index in [4.69, 9.17) is 27.9 Å². The molecule has 1 aromatic heterocycles. The van der Waals surface area contributed by atoms with Gasteiger partial charge in [0.25, 0.3) is 0 Å². The van der Waals surface area contributed by atoms with Crippen LogP contribution >= 0.6 is 46.3 Å². The maximum atomic E-state index is 12.2. The average molecular weight is 439 g/mol. The zero-order chi connectivity index (χ0) is 19.2. The van der Waals surface area contributed by atoms with Gasteiger partial charge in [0.2, 0.25) is 5.91 Å². The Morgan fingerprint density at radius 2 is 2.00 bits per heavy atom. The van der Waals surface area contributed by atoms with Gasteiger partial charge in [0, 0.05) is 21.8 Å². The molecule has 0 aliphatic rings. The molecule has 0 aliphatic heterocycles. The Balaban J connectivity index is 1.53. The summed E-state index contributed by atoms with van der Waals surface area (Å²) < 4.78 is 6.03. The number of thioether (sulfide) groups is 1. The normalized spacial score (nSPS) is 10.6. The van der Waals surface area contributed by atoms with Gasteiger partial charge in [0.1, 0.15) is 10.1 Å². The molecule has 0 saturated carbocycles. The highest BCUT2D eigenvalue weighted by Gasteiger charge is 2.10. The van der Waals surface area contributed by atoms with Crippen molar-refractivity contribution in [1.29, 1.82) is 0 Å². The first-order valence-corrected chi connectivity index (χ1v) is 10.6. The Hall–Kier alpha value is -1.73. The lowest BCUT2D eigenvalue weighted by molar-refractivity contribution is -0.115. The SMILES string of the molecule is COc1ccc(NC(=O)Cc2csc(SCc3ccc(Cl)cc3)n2)cc1Cl. The molecule has 1 amide bonds. The van der Waals surface area contributed by atoms with Crippen molar-refractivity contribution in [2.45, 2.75) is 16.5 Å². The third-order valence-electron chi connectivity index (χ3n) is 3.58. The number of halogens is 2. The Kier molecular flexibility index (Phi) is 7.01. The molecule has 1 heterocycles. The number of carbonyl (C=O) groups excluding carboxylic acids is 1. The minimum absolute atomic E-state index is 0.143. The Morgan fingerprint density at radius 1 is 1.22 bits per heavy atom. The van der Waals surface area contributed by atoms with Gasteiger partial charge in [-0.3, -0.25) is 4.79 Å². The van der Waals surface area contributed by atoms with E-state index in [9.17, 15) is 4.79 Å². The molecule has 140 valence electrons. The topological polar surface area (TPSA) is 51.2 Å². The second-order valence-electron chi connectivity index (χ2n) is 5.59. The summed E-state index contributed by atoms with van der Waals surface area (Å²) in [5.41, 5.74) is 2.55. The average Bonchev–Trinajstić information content (AvgIpc) is 3.08. The Labute approximate surface area is 175 Å². The molecular weight excluding hydrogens is 423 g/mol. The minimum atomic E-state index is -0.143. The lowest BCUT2D eigenvalue weighted by Crippen LogP contribution is -2.14. The summed E-state index contributed by atoms with van der Waals surface area (Å²) >= 11 is 15.1. The zero-order valence-corrected chi connectivity index (χ0v) is 17.5. The first-order valence-electron chi connectivity index (χ1n) is 7.98. The maximum Gasteiger partial charge on any atom is 0.230 e. The molecule has 0 bridgehead atoms. The fourth-order valence-electron chi connectivity index (χ4n) is 2.28. The highest BCUT2D eigenvalue weighted by Crippen LogP contribution is 2.28. The second kappa shape index (κ2) is 9.46. The standard InChI is InChI=1S/C19H16Cl2N2O2S2/c1-25-17-7-6-14(8-16(17)21)22-18(24)9-15-11-27-19(23-15)26-10-12-2-4-13(20)5-3-12/h2-8,11H,9-10H2,1H3,(H,22,24). The maximum absolute atomic E-state index is 12.2. The molecule has 8 heteroatoms. The van der Waals surface area contributed by atoms with Crippen molar-refractivity contribution in [1.82, 2.24) is 4.98 Å². The molecule has 0 radical (unpaired) electrons. The van der Waals surface area contributed by atoms with Gasteiger partial charge >= 0.3 is 0 Å². The predicted octanol–water partition coefficient (Wildman–Crippen LogP) is 5.93. The number of ether oxygens (including phenoxy) is 1. The first-order chi connectivity index (χ1) is 13.0. The van der Waals surface area contributed by atoms with Crippen LogP contribution in [-0.2, 0) is 17.0 Å². The summed E-state index contributed by atoms with van der Waals surface area (Å²) in [7, 11) is 1.55. The molecule has 0 saturated heterocycles. The summed E-state index contributed by atoms with van der Waals surface area (Å²) in [6.07, 6.45) is 0.210. The van der Waals surface area contributed by atoms with Gasteiger partial charge in [0.15, 0.2) is 0 Å². The van der Waals surface area contributed by atoms with E-state index >= 15 is 0 Å². The molecule has 0 aliphatic carbocycles. The number of benzene rings is 2. The zero-order valence-electron chi connectivity index (χ0n) is 14.4. The van der Waals surface area contributed by atoms with E-state index in [0.717, 1.165) is 20.8 Å². The summed E-state index contributed by atoms with van der Waals surface area (Å²) in [6.45, 7) is 0. The van der Waals surface area contributed by atoms with Crippen LogP contribution in [0.2, 0.25) is 10.0 Å². The number of methoxy groups -OCH3 is 1. The molecule has 3 aromatic rings. The van der Waals surface area contributed by atoms with Gasteiger partial charge in [-0.2, -0.15) is 0 Å². The van der Waals surface area contributed by atoms with E-state index in [1.807, 2.05) is 29.6 Å². The van der Waals surface area contributed by atoms with Crippen LogP contribution in [0.15, 0.2) is 52.2 Å². The van der Waals surface area contributed by atoms with Gasteiger partial charge in [0.05, 0.1) is 24.2 Å². The van der Waals surface area contributed by atoms with Crippen LogP contribution in [0, 0.1) is 0 Å². The highest BCUT2D eigenvalue weighted by atomic mass is 35.5. The summed E-state index contributed by atoms with van der Waals surface area (Å²) in [5, 5.41) is 5.90. The van der Waals surface area contributed by atoms with Crippen LogP contribution in [0.25, 0.3) is 0 Å². The number of carbonyl (C=O) groups is 1. The molecule has 0 fully saturated rings. The van der Waals surface area contributed by atoms with Gasteiger partial charge in [-0.05, 0) is 35.9 Å². The largest absolute Gasteiger partial charge is 0.495 e. The number of amides is 1. The predicted molar refractivity (Wildman–Crippen MR) is 113 cm³/mol. The van der Waals surface area contributed by atoms with Gasteiger partial charge in [-0.15, -0.1) is 11.3 Å². The molecule has 1 N–H and O–H groups in total. The third-order valence-corrected chi connectivity index (χ3v) is 6.27. The number of aromatic nitrogens is 1. The van der Waals surface area contributed by atoms with E-state index in [1.54, 1.807) is 37.1 Å². The van der Waals surface area contributed by atoms with Crippen LogP contribution in [0.5, 0.6) is 5.75 Å². The number of hydrogen-bond donors (Lipinski definition) is 1. The summed E-state index contributed by atoms with van der Waals surface area (Å²) in [4.78, 5) is 16.7. The van der Waals surface area contributed by atoms with Crippen LogP contribution < -0.4 is 10.1 Å². The van der Waals surface area contributed by atoms with Crippen molar-refractivity contribution < 1.29 is 9.53 Å². The lowest BCUT2D eigenvalue weighted by Gasteiger charge is -2.07. The monoisotopic (exact) mass is 438 g/mol. The van der Waals surface area contributed by atoms with E-state index < -0.39 is 0 Å². The Morgan fingerprint density at radius 3 is 2.70 bits per heavy atom. The molecule has 0 atom stereocenters. The van der Waals surface area contributed by atoms with Crippen molar-refractivity contribution in [3.63, 3.8) is 0 Å². The number of nitrogens with one attached hydrogen (secondary N) is 1. The van der Waals surface area contributed by atoms with Crippen molar-refractivity contribution >= 4 is 57.9 Å². The number of anilines is 1. The van der Waals surface area contributed by atoms with Crippen molar-refractivity contribution in [2.75, 3.05) is 12.4 Å². The van der Waals surface area contributed by atoms with Crippen LogP contribution in [0.1, 0.15) is 11.3 Å². The molecule has 0 unspecified atom stereocenters. The van der Waals surface area contributed by atoms with E-state index in [2.05, 4.69) is 10.3 Å². The van der Waals surface area contributed by atoms with Gasteiger partial charge < -0.3 is 10.1 Å². The van der Waals surface area contributed by atoms with Crippen molar-refractivity contribution in [3.05, 3.63) is 69.1 Å². The molecule has 3 rings (SSSR count). The van der Waals surface area contributed by atoms with Crippen LogP contribution in [0.4, 0.5) is 5.69 Å². The molecule has 27 heavy (non-hydrogen) atoms. The van der Waals surface area contributed by atoms with Crippen LogP contribution in [0.3, 0.4) is 0 Å². The van der Waals surface area contributed by atoms with Crippen molar-refractivity contribution in [3.8, 4) is 5.75 Å². The molecular formula is C19H16Cl2N2O2S2. The molecule has 4 nitrogen and oxygen atoms in total. The fourth-order valence-corrected chi connectivity index (χ4v) is 4.46. The summed E-state index contributed by atoms with van der Waals surface area (Å²) in [6, 6.07) is 12.9. The van der Waals surface area contributed by atoms with E-state index in [0.29, 0.717) is 16.5 Å². The van der Waals surface area contributed by atoms with Gasteiger partial charge in [-0.25, -0.2) is 4.98 Å². The fraction of sp³-hybridized carbons (Fsp3) is 0.158. The van der Waals surface area contributed by atoms with Gasteiger partial charge in [-0.1, -0.05) is 47.1 Å². The number of thiazole rings is 1. The first kappa shape index (κ1) is 20.0. The van der Waals surface area contributed by atoms with Crippen LogP contribution in [-0.4, -0.2) is 18.0 Å². The number of nitrogens with zero attached hydrogens (tertiary/aromatic N) is 1. The van der Waals surface area contributed by atoms with E-state index in [1.165, 1.54) is 16.9 Å². The smallest absolute Gasteiger partial charge is 0.230 e. The van der Waals surface area contributed by atoms with Crippen molar-refractivity contribution in [2.24, 2.45) is 0 Å². The second-order valence-corrected chi connectivity index (χ2v) is 8.52. The number of hydrogen-bond acceptors (Lipinski definition) is 5. The molecule has 2 aromatic carbocycles.